The van der Waals surface area contributed by atoms with Crippen LogP contribution in [-0.2, 0) is 4.79 Å². The van der Waals surface area contributed by atoms with Crippen LogP contribution in [0.5, 0.6) is 0 Å². The van der Waals surface area contributed by atoms with Gasteiger partial charge in [-0.15, -0.1) is 0 Å². The highest BCUT2D eigenvalue weighted by Crippen LogP contribution is 1.97. The molecule has 0 bridgehead atoms. The molecule has 0 aromatic rings. The first kappa shape index (κ1) is 6.07. The summed E-state index contributed by atoms with van der Waals surface area (Å²) in [4.78, 5) is 22.3. The summed E-state index contributed by atoms with van der Waals surface area (Å²) in [6, 6.07) is -0.400. The van der Waals surface area contributed by atoms with E-state index in [1.807, 2.05) is 0 Å². The molecule has 1 fully saturated rings. The fourth-order valence-corrected chi connectivity index (χ4v) is 0.724. The van der Waals surface area contributed by atoms with Gasteiger partial charge in [0.1, 0.15) is 6.54 Å². The van der Waals surface area contributed by atoms with Gasteiger partial charge in [-0.25, -0.2) is 10.1 Å². The van der Waals surface area contributed by atoms with Crippen molar-refractivity contribution >= 4 is 11.9 Å². The van der Waals surface area contributed by atoms with Crippen LogP contribution in [0.4, 0.5) is 4.79 Å². The third-order valence-corrected chi connectivity index (χ3v) is 1.20. The molecule has 0 atom stereocenters. The topological polar surface area (TPSA) is 51.5 Å². The zero-order valence-electron chi connectivity index (χ0n) is 5.13. The van der Waals surface area contributed by atoms with Crippen molar-refractivity contribution in [2.75, 3.05) is 13.1 Å². The third-order valence-electron chi connectivity index (χ3n) is 1.20. The molecule has 1 aliphatic rings. The molecule has 0 spiro atoms. The molecule has 3 amide bonds. The monoisotopic (exact) mass is 127 g/mol. The fourth-order valence-electron chi connectivity index (χ4n) is 0.724. The van der Waals surface area contributed by atoms with Crippen molar-refractivity contribution in [3.05, 3.63) is 0 Å². The minimum absolute atomic E-state index is 0.0344. The number of nitrogens with zero attached hydrogens (tertiary/aromatic N) is 2. The van der Waals surface area contributed by atoms with Crippen LogP contribution in [0.1, 0.15) is 6.92 Å². The molecule has 0 N–H and O–H groups in total. The van der Waals surface area contributed by atoms with E-state index >= 15 is 0 Å². The molecule has 1 rings (SSSR count). The van der Waals surface area contributed by atoms with Gasteiger partial charge in [0.15, 0.2) is 0 Å². The van der Waals surface area contributed by atoms with E-state index < -0.39 is 6.03 Å². The summed E-state index contributed by atoms with van der Waals surface area (Å²) in [5.41, 5.74) is 0. The SMILES string of the molecule is CCN1C(=O)C[N]C1=O. The summed E-state index contributed by atoms with van der Waals surface area (Å²) < 4.78 is 0. The first-order valence-corrected chi connectivity index (χ1v) is 2.77. The van der Waals surface area contributed by atoms with Crippen LogP contribution in [0.2, 0.25) is 0 Å². The average Bonchev–Trinajstić information content (AvgIpc) is 2.12. The van der Waals surface area contributed by atoms with Crippen LogP contribution in [-0.4, -0.2) is 29.9 Å². The summed E-state index contributed by atoms with van der Waals surface area (Å²) in [5.74, 6) is -0.192. The molecule has 1 radical (unpaired) electrons. The number of hydrogen-bond acceptors (Lipinski definition) is 2. The molecule has 0 aromatic carbocycles. The number of likely N-dealkylation sites (N-methyl/N-ethyl adjacent to an activating group) is 1. The second-order valence-electron chi connectivity index (χ2n) is 1.74. The van der Waals surface area contributed by atoms with E-state index in [0.717, 1.165) is 4.90 Å². The Morgan fingerprint density at radius 3 is 2.56 bits per heavy atom. The molecule has 0 saturated carbocycles. The van der Waals surface area contributed by atoms with Crippen LogP contribution in [0.15, 0.2) is 0 Å². The van der Waals surface area contributed by atoms with E-state index in [1.54, 1.807) is 6.92 Å². The van der Waals surface area contributed by atoms with E-state index in [1.165, 1.54) is 0 Å². The largest absolute Gasteiger partial charge is 0.346 e. The summed E-state index contributed by atoms with van der Waals surface area (Å²) >= 11 is 0. The summed E-state index contributed by atoms with van der Waals surface area (Å²) in [7, 11) is 0. The van der Waals surface area contributed by atoms with E-state index in [2.05, 4.69) is 5.32 Å². The number of urea groups is 1. The highest BCUT2D eigenvalue weighted by atomic mass is 16.2. The Labute approximate surface area is 52.8 Å². The minimum atomic E-state index is -0.400. The van der Waals surface area contributed by atoms with E-state index in [4.69, 9.17) is 0 Å². The molecule has 4 nitrogen and oxygen atoms in total. The highest BCUT2D eigenvalue weighted by Gasteiger charge is 2.27. The van der Waals surface area contributed by atoms with E-state index in [9.17, 15) is 9.59 Å². The van der Waals surface area contributed by atoms with Crippen molar-refractivity contribution in [3.8, 4) is 0 Å². The van der Waals surface area contributed by atoms with Gasteiger partial charge < -0.3 is 0 Å². The molecule has 0 unspecified atom stereocenters. The van der Waals surface area contributed by atoms with Crippen molar-refractivity contribution in [3.63, 3.8) is 0 Å². The smallest absolute Gasteiger partial charge is 0.272 e. The molecule has 1 heterocycles. The number of carbonyl (C=O) groups excluding carboxylic acids is 2. The normalized spacial score (nSPS) is 18.6. The van der Waals surface area contributed by atoms with Gasteiger partial charge in [0.05, 0.1) is 0 Å². The second kappa shape index (κ2) is 2.05. The van der Waals surface area contributed by atoms with Crippen LogP contribution < -0.4 is 5.32 Å². The number of carbonyl (C=O) groups is 2. The summed E-state index contributed by atoms with van der Waals surface area (Å²) in [5, 5.41) is 3.41. The molecule has 0 aromatic heterocycles. The predicted octanol–water partition coefficient (Wildman–Crippen LogP) is -0.427. The number of amides is 3. The van der Waals surface area contributed by atoms with Crippen molar-refractivity contribution in [2.24, 2.45) is 0 Å². The molecule has 0 aliphatic carbocycles. The van der Waals surface area contributed by atoms with Gasteiger partial charge in [0.2, 0.25) is 0 Å². The predicted molar refractivity (Wildman–Crippen MR) is 29.8 cm³/mol. The molecule has 1 aliphatic heterocycles. The van der Waals surface area contributed by atoms with Gasteiger partial charge in [-0.3, -0.25) is 9.69 Å². The highest BCUT2D eigenvalue weighted by molar-refractivity contribution is 6.01. The Bertz CT molecular complexity index is 139. The fraction of sp³-hybridized carbons (Fsp3) is 0.600. The molecule has 1 saturated heterocycles. The standard InChI is InChI=1S/C5H7N2O2/c1-2-7-4(8)3-6-5(7)9/h2-3H2,1H3. The molecular weight excluding hydrogens is 120 g/mol. The van der Waals surface area contributed by atoms with Crippen molar-refractivity contribution in [1.29, 1.82) is 0 Å². The number of hydrogen-bond donors (Lipinski definition) is 0. The maximum Gasteiger partial charge on any atom is 0.346 e. The van der Waals surface area contributed by atoms with Gasteiger partial charge in [-0.05, 0) is 6.92 Å². The zero-order chi connectivity index (χ0) is 6.85. The Hall–Kier alpha value is -1.06. The summed E-state index contributed by atoms with van der Waals surface area (Å²) in [6.45, 7) is 2.21. The van der Waals surface area contributed by atoms with Crippen LogP contribution in [0, 0.1) is 0 Å². The Morgan fingerprint density at radius 2 is 2.33 bits per heavy atom. The van der Waals surface area contributed by atoms with Crippen molar-refractivity contribution in [1.82, 2.24) is 10.2 Å². The molecule has 4 heteroatoms. The van der Waals surface area contributed by atoms with Crippen LogP contribution in [0.3, 0.4) is 0 Å². The first-order valence-electron chi connectivity index (χ1n) is 2.77. The lowest BCUT2D eigenvalue weighted by molar-refractivity contribution is -0.124. The lowest BCUT2D eigenvalue weighted by Crippen LogP contribution is -2.29. The maximum atomic E-state index is 10.6. The quantitative estimate of drug-likeness (QED) is 0.449. The average molecular weight is 127 g/mol. The van der Waals surface area contributed by atoms with Crippen LogP contribution >= 0.6 is 0 Å². The minimum Gasteiger partial charge on any atom is -0.272 e. The van der Waals surface area contributed by atoms with Gasteiger partial charge in [-0.2, -0.15) is 0 Å². The first-order chi connectivity index (χ1) is 4.25. The number of rotatable bonds is 1. The summed E-state index contributed by atoms with van der Waals surface area (Å²) in [6.07, 6.45) is 0. The van der Waals surface area contributed by atoms with E-state index in [0.29, 0.717) is 6.54 Å². The second-order valence-corrected chi connectivity index (χ2v) is 1.74. The third kappa shape index (κ3) is 0.872. The van der Waals surface area contributed by atoms with Crippen molar-refractivity contribution < 1.29 is 9.59 Å². The Morgan fingerprint density at radius 1 is 1.67 bits per heavy atom. The van der Waals surface area contributed by atoms with Gasteiger partial charge >= 0.3 is 6.03 Å². The zero-order valence-corrected chi connectivity index (χ0v) is 5.13. The molecule has 9 heavy (non-hydrogen) atoms. The van der Waals surface area contributed by atoms with Gasteiger partial charge in [0.25, 0.3) is 5.91 Å². The maximum absolute atomic E-state index is 10.6. The number of imide groups is 1. The van der Waals surface area contributed by atoms with E-state index in [-0.39, 0.29) is 12.5 Å². The van der Waals surface area contributed by atoms with Gasteiger partial charge in [0, 0.05) is 6.54 Å². The lowest BCUT2D eigenvalue weighted by Gasteiger charge is -2.05. The molecule has 49 valence electrons. The Kier molecular flexibility index (Phi) is 1.38. The van der Waals surface area contributed by atoms with Crippen LogP contribution in [0.25, 0.3) is 0 Å². The van der Waals surface area contributed by atoms with Gasteiger partial charge in [-0.1, -0.05) is 0 Å². The molecular formula is C5H7N2O2. The Balaban J connectivity index is 2.66. The van der Waals surface area contributed by atoms with Crippen molar-refractivity contribution in [2.45, 2.75) is 6.92 Å². The lowest BCUT2D eigenvalue weighted by atomic mass is 10.5.